The molecule has 2 aromatic rings. The molecule has 1 aromatic carbocycles. The van der Waals surface area contributed by atoms with Crippen molar-refractivity contribution in [2.24, 2.45) is 0 Å². The number of benzene rings is 1. The minimum atomic E-state index is -0.543. The molecule has 18 heavy (non-hydrogen) atoms. The van der Waals surface area contributed by atoms with Crippen LogP contribution in [0.5, 0.6) is 0 Å². The molecule has 0 atom stereocenters. The van der Waals surface area contributed by atoms with Gasteiger partial charge in [-0.1, -0.05) is 0 Å². The Balaban J connectivity index is 2.33. The Morgan fingerprint density at radius 3 is 2.83 bits per heavy atom. The molecule has 0 unspecified atom stereocenters. The highest BCUT2D eigenvalue weighted by Gasteiger charge is 2.12. The lowest BCUT2D eigenvalue weighted by molar-refractivity contribution is -0.384. The summed E-state index contributed by atoms with van der Waals surface area (Å²) in [5, 5.41) is 17.7. The number of rotatable bonds is 4. The summed E-state index contributed by atoms with van der Waals surface area (Å²) in [4.78, 5) is 25.6. The van der Waals surface area contributed by atoms with Gasteiger partial charge in [0.25, 0.3) is 5.69 Å². The minimum absolute atomic E-state index is 0.118. The summed E-state index contributed by atoms with van der Waals surface area (Å²) < 4.78 is 0. The Morgan fingerprint density at radius 2 is 2.28 bits per heavy atom. The monoisotopic (exact) mass is 264 g/mol. The highest BCUT2D eigenvalue weighted by molar-refractivity contribution is 7.99. The first-order valence-electron chi connectivity index (χ1n) is 4.90. The number of non-ortho nitro benzene ring substituents is 1. The van der Waals surface area contributed by atoms with E-state index in [1.165, 1.54) is 30.0 Å². The van der Waals surface area contributed by atoms with Crippen molar-refractivity contribution in [3.63, 3.8) is 0 Å². The van der Waals surface area contributed by atoms with Gasteiger partial charge in [0, 0.05) is 22.6 Å². The van der Waals surface area contributed by atoms with Crippen molar-refractivity contribution in [2.75, 3.05) is 0 Å². The summed E-state index contributed by atoms with van der Waals surface area (Å²) in [6, 6.07) is 4.09. The van der Waals surface area contributed by atoms with Crippen molar-refractivity contribution >= 4 is 23.7 Å². The van der Waals surface area contributed by atoms with Crippen LogP contribution in [0.4, 0.5) is 5.69 Å². The lowest BCUT2D eigenvalue weighted by Crippen LogP contribution is -1.92. The third-order valence-electron chi connectivity index (χ3n) is 2.11. The molecule has 2 rings (SSSR count). The Morgan fingerprint density at radius 1 is 1.50 bits per heavy atom. The number of H-pyrrole nitrogens is 1. The third kappa shape index (κ3) is 2.54. The molecule has 0 saturated carbocycles. The van der Waals surface area contributed by atoms with Crippen LogP contribution >= 0.6 is 11.8 Å². The molecular weight excluding hydrogens is 256 g/mol. The lowest BCUT2D eigenvalue weighted by atomic mass is 10.2. The number of nitrogens with zero attached hydrogens (tertiary/aromatic N) is 3. The normalized spacial score (nSPS) is 10.3. The van der Waals surface area contributed by atoms with E-state index < -0.39 is 4.92 Å². The average molecular weight is 264 g/mol. The first kappa shape index (κ1) is 12.2. The van der Waals surface area contributed by atoms with Crippen molar-refractivity contribution in [1.82, 2.24) is 15.2 Å². The maximum atomic E-state index is 10.9. The molecule has 7 nitrogen and oxygen atoms in total. The molecular formula is C10H8N4O3S. The van der Waals surface area contributed by atoms with Crippen LogP contribution in [-0.2, 0) is 0 Å². The molecule has 0 aliphatic rings. The maximum absolute atomic E-state index is 10.9. The predicted octanol–water partition coefficient (Wildman–Crippen LogP) is 1.99. The van der Waals surface area contributed by atoms with Crippen molar-refractivity contribution < 1.29 is 9.72 Å². The van der Waals surface area contributed by atoms with E-state index >= 15 is 0 Å². The zero-order valence-corrected chi connectivity index (χ0v) is 10.1. The van der Waals surface area contributed by atoms with Gasteiger partial charge in [-0.3, -0.25) is 20.0 Å². The molecule has 8 heteroatoms. The minimum Gasteiger partial charge on any atom is -0.298 e. The number of hydrogen-bond donors (Lipinski definition) is 1. The zero-order chi connectivity index (χ0) is 13.1. The van der Waals surface area contributed by atoms with Crippen LogP contribution in [0.2, 0.25) is 0 Å². The highest BCUT2D eigenvalue weighted by Crippen LogP contribution is 2.29. The van der Waals surface area contributed by atoms with Crippen molar-refractivity contribution in [3.05, 3.63) is 39.7 Å². The second-order valence-corrected chi connectivity index (χ2v) is 4.41. The van der Waals surface area contributed by atoms with Gasteiger partial charge in [-0.25, -0.2) is 4.98 Å². The number of hydrogen-bond acceptors (Lipinski definition) is 6. The van der Waals surface area contributed by atoms with Crippen LogP contribution in [0.3, 0.4) is 0 Å². The Kier molecular flexibility index (Phi) is 3.38. The molecule has 0 radical (unpaired) electrons. The van der Waals surface area contributed by atoms with E-state index in [9.17, 15) is 14.9 Å². The van der Waals surface area contributed by atoms with Gasteiger partial charge in [0.2, 0.25) is 5.16 Å². The van der Waals surface area contributed by atoms with E-state index in [0.29, 0.717) is 22.2 Å². The molecule has 1 aromatic heterocycles. The molecule has 0 amide bonds. The van der Waals surface area contributed by atoms with Crippen LogP contribution in [0, 0.1) is 17.0 Å². The number of aldehydes is 1. The summed E-state index contributed by atoms with van der Waals surface area (Å²) in [7, 11) is 0. The number of aromatic amines is 1. The van der Waals surface area contributed by atoms with E-state index in [0.717, 1.165) is 0 Å². The largest absolute Gasteiger partial charge is 0.298 e. The highest BCUT2D eigenvalue weighted by atomic mass is 32.2. The van der Waals surface area contributed by atoms with E-state index in [1.807, 2.05) is 0 Å². The number of nitro groups is 1. The number of nitrogens with one attached hydrogen (secondary N) is 1. The van der Waals surface area contributed by atoms with Crippen LogP contribution in [0.25, 0.3) is 0 Å². The summed E-state index contributed by atoms with van der Waals surface area (Å²) in [5.74, 6) is 0.659. The number of carbonyl (C=O) groups excluding carboxylic acids is 1. The van der Waals surface area contributed by atoms with E-state index in [-0.39, 0.29) is 11.3 Å². The van der Waals surface area contributed by atoms with E-state index in [1.54, 1.807) is 6.92 Å². The number of nitro benzene ring substituents is 1. The smallest absolute Gasteiger partial charge is 0.270 e. The van der Waals surface area contributed by atoms with E-state index in [4.69, 9.17) is 0 Å². The fourth-order valence-electron chi connectivity index (χ4n) is 1.30. The van der Waals surface area contributed by atoms with Gasteiger partial charge in [0.15, 0.2) is 6.29 Å². The number of aryl methyl sites for hydroxylation is 1. The van der Waals surface area contributed by atoms with Crippen LogP contribution in [0.15, 0.2) is 28.3 Å². The van der Waals surface area contributed by atoms with Crippen molar-refractivity contribution in [3.8, 4) is 0 Å². The van der Waals surface area contributed by atoms with Gasteiger partial charge in [0.05, 0.1) is 4.92 Å². The second-order valence-electron chi connectivity index (χ2n) is 3.40. The van der Waals surface area contributed by atoms with Gasteiger partial charge in [-0.2, -0.15) is 0 Å². The molecule has 0 saturated heterocycles. The molecule has 0 bridgehead atoms. The van der Waals surface area contributed by atoms with Crippen LogP contribution < -0.4 is 0 Å². The molecule has 0 aliphatic carbocycles. The lowest BCUT2D eigenvalue weighted by Gasteiger charge is -2.00. The third-order valence-corrected chi connectivity index (χ3v) is 3.07. The molecule has 1 heterocycles. The predicted molar refractivity (Wildman–Crippen MR) is 63.7 cm³/mol. The Hall–Kier alpha value is -2.22. The summed E-state index contributed by atoms with van der Waals surface area (Å²) in [6.07, 6.45) is 0.578. The molecule has 92 valence electrons. The second kappa shape index (κ2) is 4.96. The number of carbonyl (C=O) groups is 1. The van der Waals surface area contributed by atoms with Crippen molar-refractivity contribution in [1.29, 1.82) is 0 Å². The summed E-state index contributed by atoms with van der Waals surface area (Å²) in [5.41, 5.74) is 0.129. The maximum Gasteiger partial charge on any atom is 0.270 e. The zero-order valence-electron chi connectivity index (χ0n) is 9.28. The van der Waals surface area contributed by atoms with Gasteiger partial charge in [-0.15, -0.1) is 5.10 Å². The Bertz CT molecular complexity index is 611. The molecule has 0 spiro atoms. The fourth-order valence-corrected chi connectivity index (χ4v) is 2.13. The van der Waals surface area contributed by atoms with Gasteiger partial charge in [0.1, 0.15) is 5.82 Å². The Labute approximate surface area is 106 Å². The summed E-state index contributed by atoms with van der Waals surface area (Å²) in [6.45, 7) is 1.76. The standard InChI is InChI=1S/C10H8N4O3S/c1-6-11-10(13-12-6)18-9-3-2-8(14(16)17)4-7(9)5-15/h2-5H,1H3,(H,11,12,13). The first-order valence-corrected chi connectivity index (χ1v) is 5.72. The van der Waals surface area contributed by atoms with Gasteiger partial charge >= 0.3 is 0 Å². The van der Waals surface area contributed by atoms with E-state index in [2.05, 4.69) is 15.2 Å². The fraction of sp³-hybridized carbons (Fsp3) is 0.100. The molecule has 0 fully saturated rings. The average Bonchev–Trinajstić information content (AvgIpc) is 2.75. The SMILES string of the molecule is Cc1nc(Sc2ccc([N+](=O)[O-])cc2C=O)n[nH]1. The van der Waals surface area contributed by atoms with Crippen molar-refractivity contribution in [2.45, 2.75) is 17.0 Å². The first-order chi connectivity index (χ1) is 8.60. The number of aromatic nitrogens is 3. The summed E-state index contributed by atoms with van der Waals surface area (Å²) >= 11 is 1.17. The molecule has 0 aliphatic heterocycles. The van der Waals surface area contributed by atoms with Gasteiger partial charge < -0.3 is 0 Å². The quantitative estimate of drug-likeness (QED) is 0.514. The van der Waals surface area contributed by atoms with Gasteiger partial charge in [-0.05, 0) is 24.8 Å². The van der Waals surface area contributed by atoms with Crippen LogP contribution in [0.1, 0.15) is 16.2 Å². The van der Waals surface area contributed by atoms with Crippen LogP contribution in [-0.4, -0.2) is 26.4 Å². The molecule has 1 N–H and O–H groups in total. The topological polar surface area (TPSA) is 102 Å².